The molecule has 0 aliphatic carbocycles. The summed E-state index contributed by atoms with van der Waals surface area (Å²) < 4.78 is 0. The molecule has 0 unspecified atom stereocenters. The number of benzene rings is 1. The Hall–Kier alpha value is -1.51. The first-order valence-corrected chi connectivity index (χ1v) is 7.19. The number of aryl methyl sites for hydroxylation is 2. The van der Waals surface area contributed by atoms with E-state index in [0.29, 0.717) is 6.42 Å². The van der Waals surface area contributed by atoms with Gasteiger partial charge in [0.25, 0.3) is 0 Å². The van der Waals surface area contributed by atoms with E-state index in [0.717, 1.165) is 55.1 Å². The number of nitrogens with zero attached hydrogens (tertiary/aromatic N) is 1. The van der Waals surface area contributed by atoms with Crippen LogP contribution in [0.4, 0.5) is 5.69 Å². The molecular weight excluding hydrogens is 236 g/mol. The fraction of sp³-hybridized carbons (Fsp3) is 0.562. The molecule has 3 nitrogen and oxygen atoms in total. The van der Waals surface area contributed by atoms with Gasteiger partial charge in [0.05, 0.1) is 0 Å². The third-order valence-electron chi connectivity index (χ3n) is 4.11. The van der Waals surface area contributed by atoms with E-state index in [1.54, 1.807) is 0 Å². The van der Waals surface area contributed by atoms with Crippen LogP contribution in [0, 0.1) is 12.8 Å². The lowest BCUT2D eigenvalue weighted by atomic mass is 9.98. The minimum atomic E-state index is 0.283. The predicted molar refractivity (Wildman–Crippen MR) is 78.9 cm³/mol. The van der Waals surface area contributed by atoms with Crippen LogP contribution in [0.2, 0.25) is 0 Å². The van der Waals surface area contributed by atoms with Gasteiger partial charge in [-0.05, 0) is 49.3 Å². The zero-order chi connectivity index (χ0) is 13.8. The molecule has 0 spiro atoms. The summed E-state index contributed by atoms with van der Waals surface area (Å²) in [5.41, 5.74) is 8.96. The van der Waals surface area contributed by atoms with Gasteiger partial charge >= 0.3 is 0 Å². The summed E-state index contributed by atoms with van der Waals surface area (Å²) in [4.78, 5) is 14.1. The summed E-state index contributed by atoms with van der Waals surface area (Å²) in [5.74, 6) is 1.05. The quantitative estimate of drug-likeness (QED) is 0.849. The van der Waals surface area contributed by atoms with E-state index in [4.69, 9.17) is 5.73 Å². The van der Waals surface area contributed by atoms with Crippen LogP contribution >= 0.6 is 0 Å². The van der Waals surface area contributed by atoms with Crippen LogP contribution in [0.1, 0.15) is 37.3 Å². The highest BCUT2D eigenvalue weighted by Crippen LogP contribution is 2.18. The van der Waals surface area contributed by atoms with Gasteiger partial charge in [-0.25, -0.2) is 0 Å². The average Bonchev–Trinajstić information content (AvgIpc) is 2.40. The molecule has 0 aromatic heterocycles. The van der Waals surface area contributed by atoms with E-state index >= 15 is 0 Å². The van der Waals surface area contributed by atoms with Crippen LogP contribution < -0.4 is 5.73 Å². The van der Waals surface area contributed by atoms with E-state index in [1.165, 1.54) is 0 Å². The summed E-state index contributed by atoms with van der Waals surface area (Å²) in [7, 11) is 0. The molecule has 1 fully saturated rings. The molecule has 1 aliphatic rings. The van der Waals surface area contributed by atoms with Crippen molar-refractivity contribution >= 4 is 11.6 Å². The van der Waals surface area contributed by atoms with Crippen molar-refractivity contribution in [3.8, 4) is 0 Å². The molecule has 0 bridgehead atoms. The van der Waals surface area contributed by atoms with Crippen molar-refractivity contribution in [2.75, 3.05) is 18.8 Å². The summed E-state index contributed by atoms with van der Waals surface area (Å²) in [5, 5.41) is 0. The Bertz CT molecular complexity index is 448. The van der Waals surface area contributed by atoms with Gasteiger partial charge in [-0.15, -0.1) is 0 Å². The topological polar surface area (TPSA) is 46.3 Å². The van der Waals surface area contributed by atoms with Crippen molar-refractivity contribution in [3.05, 3.63) is 29.3 Å². The first-order valence-electron chi connectivity index (χ1n) is 7.19. The number of nitrogen functional groups attached to an aromatic ring is 1. The minimum absolute atomic E-state index is 0.283. The number of piperidine rings is 1. The third kappa shape index (κ3) is 3.72. The van der Waals surface area contributed by atoms with E-state index in [9.17, 15) is 4.79 Å². The number of anilines is 1. The largest absolute Gasteiger partial charge is 0.399 e. The van der Waals surface area contributed by atoms with Crippen molar-refractivity contribution < 1.29 is 4.79 Å². The molecule has 1 aromatic carbocycles. The lowest BCUT2D eigenvalue weighted by Gasteiger charge is -2.30. The Morgan fingerprint density at radius 1 is 1.37 bits per heavy atom. The minimum Gasteiger partial charge on any atom is -0.399 e. The second-order valence-electron chi connectivity index (χ2n) is 5.75. The number of rotatable bonds is 3. The van der Waals surface area contributed by atoms with Gasteiger partial charge in [0.1, 0.15) is 0 Å². The van der Waals surface area contributed by atoms with Crippen LogP contribution in [0.25, 0.3) is 0 Å². The average molecular weight is 260 g/mol. The van der Waals surface area contributed by atoms with E-state index in [1.807, 2.05) is 24.0 Å². The summed E-state index contributed by atoms with van der Waals surface area (Å²) in [6.45, 7) is 6.11. The zero-order valence-corrected chi connectivity index (χ0v) is 12.0. The van der Waals surface area contributed by atoms with E-state index in [-0.39, 0.29) is 5.91 Å². The molecule has 1 aliphatic heterocycles. The standard InChI is InChI=1S/C16H24N2O/c1-12-7-9-18(10-8-12)16(19)6-5-14-4-3-13(2)15(17)11-14/h3-4,11-12H,5-10,17H2,1-2H3. The maximum absolute atomic E-state index is 12.1. The molecule has 1 saturated heterocycles. The number of carbonyl (C=O) groups excluding carboxylic acids is 1. The zero-order valence-electron chi connectivity index (χ0n) is 12.0. The number of likely N-dealkylation sites (tertiary alicyclic amines) is 1. The molecule has 2 N–H and O–H groups in total. The van der Waals surface area contributed by atoms with Crippen LogP contribution in [0.5, 0.6) is 0 Å². The second-order valence-corrected chi connectivity index (χ2v) is 5.75. The van der Waals surface area contributed by atoms with Gasteiger partial charge < -0.3 is 10.6 Å². The van der Waals surface area contributed by atoms with Gasteiger partial charge in [0.2, 0.25) is 5.91 Å². The van der Waals surface area contributed by atoms with Crippen molar-refractivity contribution in [1.82, 2.24) is 4.90 Å². The molecule has 2 rings (SSSR count). The van der Waals surface area contributed by atoms with Gasteiger partial charge in [0, 0.05) is 25.2 Å². The smallest absolute Gasteiger partial charge is 0.222 e. The lowest BCUT2D eigenvalue weighted by molar-refractivity contribution is -0.132. The molecule has 0 radical (unpaired) electrons. The molecule has 104 valence electrons. The van der Waals surface area contributed by atoms with Crippen LogP contribution in [-0.2, 0) is 11.2 Å². The number of hydrogen-bond donors (Lipinski definition) is 1. The van der Waals surface area contributed by atoms with Gasteiger partial charge in [0.15, 0.2) is 0 Å². The van der Waals surface area contributed by atoms with Crippen LogP contribution in [0.3, 0.4) is 0 Å². The molecule has 0 atom stereocenters. The fourth-order valence-electron chi connectivity index (χ4n) is 2.51. The van der Waals surface area contributed by atoms with Crippen molar-refractivity contribution in [1.29, 1.82) is 0 Å². The van der Waals surface area contributed by atoms with Gasteiger partial charge in [-0.3, -0.25) is 4.79 Å². The Balaban J connectivity index is 1.84. The Kier molecular flexibility index (Phi) is 4.46. The highest BCUT2D eigenvalue weighted by molar-refractivity contribution is 5.76. The van der Waals surface area contributed by atoms with E-state index in [2.05, 4.69) is 13.0 Å². The van der Waals surface area contributed by atoms with E-state index < -0.39 is 0 Å². The second kappa shape index (κ2) is 6.09. The third-order valence-corrected chi connectivity index (χ3v) is 4.11. The summed E-state index contributed by atoms with van der Waals surface area (Å²) in [6.07, 6.45) is 3.67. The Morgan fingerprint density at radius 3 is 2.68 bits per heavy atom. The van der Waals surface area contributed by atoms with Crippen molar-refractivity contribution in [3.63, 3.8) is 0 Å². The molecular formula is C16H24N2O. The predicted octanol–water partition coefficient (Wildman–Crippen LogP) is 2.77. The molecule has 1 amide bonds. The SMILES string of the molecule is Cc1ccc(CCC(=O)N2CCC(C)CC2)cc1N. The highest BCUT2D eigenvalue weighted by Gasteiger charge is 2.19. The van der Waals surface area contributed by atoms with Crippen molar-refractivity contribution in [2.45, 2.75) is 39.5 Å². The maximum Gasteiger partial charge on any atom is 0.222 e. The lowest BCUT2D eigenvalue weighted by Crippen LogP contribution is -2.37. The first kappa shape index (κ1) is 13.9. The van der Waals surface area contributed by atoms with Crippen molar-refractivity contribution in [2.24, 2.45) is 5.92 Å². The molecule has 1 heterocycles. The normalized spacial score (nSPS) is 16.6. The highest BCUT2D eigenvalue weighted by atomic mass is 16.2. The van der Waals surface area contributed by atoms with Crippen LogP contribution in [-0.4, -0.2) is 23.9 Å². The summed E-state index contributed by atoms with van der Waals surface area (Å²) in [6, 6.07) is 6.08. The number of carbonyl (C=O) groups is 1. The molecule has 3 heteroatoms. The van der Waals surface area contributed by atoms with Gasteiger partial charge in [-0.2, -0.15) is 0 Å². The number of amides is 1. The Labute approximate surface area is 115 Å². The van der Waals surface area contributed by atoms with Gasteiger partial charge in [-0.1, -0.05) is 19.1 Å². The number of hydrogen-bond acceptors (Lipinski definition) is 2. The monoisotopic (exact) mass is 260 g/mol. The molecule has 19 heavy (non-hydrogen) atoms. The Morgan fingerprint density at radius 2 is 2.05 bits per heavy atom. The number of nitrogens with two attached hydrogens (primary N) is 1. The first-order chi connectivity index (χ1) is 9.06. The maximum atomic E-state index is 12.1. The van der Waals surface area contributed by atoms with Crippen LogP contribution in [0.15, 0.2) is 18.2 Å². The molecule has 1 aromatic rings. The fourth-order valence-corrected chi connectivity index (χ4v) is 2.51. The molecule has 0 saturated carbocycles. The summed E-state index contributed by atoms with van der Waals surface area (Å²) >= 11 is 0.